The van der Waals surface area contributed by atoms with Crippen LogP contribution in [0, 0.1) is 5.92 Å². The molecule has 2 heterocycles. The molecular formula is C17H31N5O4. The van der Waals surface area contributed by atoms with Gasteiger partial charge in [-0.1, -0.05) is 0 Å². The van der Waals surface area contributed by atoms with Crippen molar-refractivity contribution in [1.29, 1.82) is 0 Å². The van der Waals surface area contributed by atoms with Gasteiger partial charge in [0.15, 0.2) is 0 Å². The highest BCUT2D eigenvalue weighted by Crippen LogP contribution is 2.28. The zero-order valence-corrected chi connectivity index (χ0v) is 15.6. The second-order valence-corrected chi connectivity index (χ2v) is 7.32. The van der Waals surface area contributed by atoms with Crippen LogP contribution < -0.4 is 21.5 Å². The first-order valence-electron chi connectivity index (χ1n) is 9.49. The predicted molar refractivity (Wildman–Crippen MR) is 94.7 cm³/mol. The Morgan fingerprint density at radius 1 is 1.12 bits per heavy atom. The number of carbonyl (C=O) groups is 2. The molecule has 26 heavy (non-hydrogen) atoms. The summed E-state index contributed by atoms with van der Waals surface area (Å²) in [4.78, 5) is 27.1. The summed E-state index contributed by atoms with van der Waals surface area (Å²) in [5.41, 5.74) is 6.40. The van der Waals surface area contributed by atoms with Gasteiger partial charge < -0.3 is 20.1 Å². The van der Waals surface area contributed by atoms with Gasteiger partial charge in [0.05, 0.1) is 25.3 Å². The van der Waals surface area contributed by atoms with Gasteiger partial charge in [0.2, 0.25) is 5.91 Å². The predicted octanol–water partition coefficient (Wildman–Crippen LogP) is -1.10. The van der Waals surface area contributed by atoms with Crippen LogP contribution in [0.3, 0.4) is 0 Å². The van der Waals surface area contributed by atoms with Crippen molar-refractivity contribution in [1.82, 2.24) is 26.4 Å². The van der Waals surface area contributed by atoms with Gasteiger partial charge in [-0.2, -0.15) is 0 Å². The highest BCUT2D eigenvalue weighted by Gasteiger charge is 2.38. The Labute approximate surface area is 154 Å². The standard InChI is InChI=1S/C17H31N5O4/c1-25-11-3-4-13(12(9-11)17(24)26-2)19-16(23)14-5-6-15(21-20-14)22-8-7-18-10-22/h11-15,18,20-21H,3-10H2,1-2H3,(H,19,23). The van der Waals surface area contributed by atoms with Gasteiger partial charge in [-0.05, 0) is 32.1 Å². The number of esters is 1. The van der Waals surface area contributed by atoms with Crippen LogP contribution in [0.25, 0.3) is 0 Å². The summed E-state index contributed by atoms with van der Waals surface area (Å²) in [7, 11) is 3.04. The molecule has 2 aliphatic heterocycles. The molecule has 3 rings (SSSR count). The molecule has 0 spiro atoms. The molecule has 1 amide bonds. The normalized spacial score (nSPS) is 35.8. The summed E-state index contributed by atoms with van der Waals surface area (Å²) in [6.07, 6.45) is 4.07. The van der Waals surface area contributed by atoms with E-state index in [4.69, 9.17) is 9.47 Å². The Kier molecular flexibility index (Phi) is 6.82. The number of methoxy groups -OCH3 is 2. The van der Waals surface area contributed by atoms with Gasteiger partial charge in [0.25, 0.3) is 0 Å². The molecule has 5 atom stereocenters. The van der Waals surface area contributed by atoms with Crippen molar-refractivity contribution in [3.05, 3.63) is 0 Å². The number of ether oxygens (including phenoxy) is 2. The summed E-state index contributed by atoms with van der Waals surface area (Å²) in [6.45, 7) is 2.89. The van der Waals surface area contributed by atoms with Gasteiger partial charge in [-0.3, -0.25) is 14.5 Å². The molecule has 148 valence electrons. The van der Waals surface area contributed by atoms with E-state index in [0.717, 1.165) is 39.0 Å². The molecule has 0 radical (unpaired) electrons. The molecule has 1 saturated carbocycles. The van der Waals surface area contributed by atoms with Crippen molar-refractivity contribution in [2.24, 2.45) is 5.92 Å². The van der Waals surface area contributed by atoms with Crippen LogP contribution in [0.1, 0.15) is 32.1 Å². The van der Waals surface area contributed by atoms with Crippen molar-refractivity contribution in [2.45, 2.75) is 56.5 Å². The molecule has 3 aliphatic rings. The Morgan fingerprint density at radius 2 is 1.96 bits per heavy atom. The lowest BCUT2D eigenvalue weighted by Gasteiger charge is -2.37. The topological polar surface area (TPSA) is 104 Å². The van der Waals surface area contributed by atoms with Gasteiger partial charge in [0, 0.05) is 32.9 Å². The molecule has 9 heteroatoms. The molecular weight excluding hydrogens is 338 g/mol. The van der Waals surface area contributed by atoms with E-state index in [2.05, 4.69) is 26.4 Å². The second-order valence-electron chi connectivity index (χ2n) is 7.32. The number of hydrogen-bond donors (Lipinski definition) is 4. The van der Waals surface area contributed by atoms with Gasteiger partial charge >= 0.3 is 5.97 Å². The van der Waals surface area contributed by atoms with Crippen molar-refractivity contribution < 1.29 is 19.1 Å². The van der Waals surface area contributed by atoms with Crippen LogP contribution in [0.2, 0.25) is 0 Å². The second kappa shape index (κ2) is 9.09. The highest BCUT2D eigenvalue weighted by atomic mass is 16.5. The minimum absolute atomic E-state index is 0.0385. The fraction of sp³-hybridized carbons (Fsp3) is 0.882. The quantitative estimate of drug-likeness (QED) is 0.453. The average Bonchev–Trinajstić information content (AvgIpc) is 3.22. The third-order valence-electron chi connectivity index (χ3n) is 5.77. The van der Waals surface area contributed by atoms with Crippen LogP contribution in [-0.2, 0) is 19.1 Å². The molecule has 5 unspecified atom stereocenters. The number of carbonyl (C=O) groups excluding carboxylic acids is 2. The fourth-order valence-electron chi connectivity index (χ4n) is 4.14. The number of amides is 1. The van der Waals surface area contributed by atoms with Crippen LogP contribution in [0.4, 0.5) is 0 Å². The lowest BCUT2D eigenvalue weighted by Crippen LogP contribution is -2.62. The third-order valence-corrected chi connectivity index (χ3v) is 5.77. The van der Waals surface area contributed by atoms with E-state index in [1.54, 1.807) is 7.11 Å². The molecule has 3 fully saturated rings. The minimum atomic E-state index is -0.359. The van der Waals surface area contributed by atoms with Crippen LogP contribution in [0.5, 0.6) is 0 Å². The summed E-state index contributed by atoms with van der Waals surface area (Å²) in [6, 6.07) is -0.496. The number of rotatable bonds is 5. The zero-order chi connectivity index (χ0) is 18.5. The van der Waals surface area contributed by atoms with Crippen LogP contribution in [-0.4, -0.2) is 75.1 Å². The Morgan fingerprint density at radius 3 is 2.58 bits per heavy atom. The monoisotopic (exact) mass is 369 g/mol. The molecule has 2 saturated heterocycles. The number of hydrogen-bond acceptors (Lipinski definition) is 8. The lowest BCUT2D eigenvalue weighted by molar-refractivity contribution is -0.150. The Balaban J connectivity index is 1.51. The van der Waals surface area contributed by atoms with E-state index in [9.17, 15) is 9.59 Å². The van der Waals surface area contributed by atoms with Crippen LogP contribution >= 0.6 is 0 Å². The Bertz CT molecular complexity index is 492. The summed E-state index contributed by atoms with van der Waals surface area (Å²) in [5.74, 6) is -0.707. The number of nitrogens with one attached hydrogen (secondary N) is 4. The van der Waals surface area contributed by atoms with E-state index in [1.807, 2.05) is 0 Å². The van der Waals surface area contributed by atoms with E-state index >= 15 is 0 Å². The van der Waals surface area contributed by atoms with Crippen molar-refractivity contribution in [3.8, 4) is 0 Å². The summed E-state index contributed by atoms with van der Waals surface area (Å²) < 4.78 is 10.3. The Hall–Kier alpha value is -1.26. The summed E-state index contributed by atoms with van der Waals surface area (Å²) >= 11 is 0. The van der Waals surface area contributed by atoms with Gasteiger partial charge in [0.1, 0.15) is 6.04 Å². The van der Waals surface area contributed by atoms with Gasteiger partial charge in [-0.25, -0.2) is 10.9 Å². The van der Waals surface area contributed by atoms with E-state index < -0.39 is 0 Å². The van der Waals surface area contributed by atoms with E-state index in [0.29, 0.717) is 12.8 Å². The van der Waals surface area contributed by atoms with E-state index in [1.165, 1.54) is 7.11 Å². The third kappa shape index (κ3) is 4.52. The minimum Gasteiger partial charge on any atom is -0.469 e. The lowest BCUT2D eigenvalue weighted by atomic mass is 9.82. The summed E-state index contributed by atoms with van der Waals surface area (Å²) in [5, 5.41) is 6.37. The smallest absolute Gasteiger partial charge is 0.310 e. The van der Waals surface area contributed by atoms with Crippen molar-refractivity contribution >= 4 is 11.9 Å². The van der Waals surface area contributed by atoms with Crippen LogP contribution in [0.15, 0.2) is 0 Å². The van der Waals surface area contributed by atoms with Crippen molar-refractivity contribution in [3.63, 3.8) is 0 Å². The SMILES string of the molecule is COC(=O)C1CC(OC)CCC1NC(=O)C1CCC(N2CCNC2)NN1. The van der Waals surface area contributed by atoms with E-state index in [-0.39, 0.29) is 42.1 Å². The molecule has 0 aromatic heterocycles. The number of hydrazine groups is 1. The van der Waals surface area contributed by atoms with Crippen molar-refractivity contribution in [2.75, 3.05) is 34.0 Å². The molecule has 0 aromatic rings. The zero-order valence-electron chi connectivity index (χ0n) is 15.6. The first-order valence-corrected chi connectivity index (χ1v) is 9.49. The molecule has 0 aromatic carbocycles. The first kappa shape index (κ1) is 19.5. The molecule has 9 nitrogen and oxygen atoms in total. The fourth-order valence-corrected chi connectivity index (χ4v) is 4.14. The molecule has 0 bridgehead atoms. The first-order chi connectivity index (χ1) is 12.6. The highest BCUT2D eigenvalue weighted by molar-refractivity contribution is 5.83. The number of nitrogens with zero attached hydrogens (tertiary/aromatic N) is 1. The maximum atomic E-state index is 12.7. The molecule has 4 N–H and O–H groups in total. The van der Waals surface area contributed by atoms with Gasteiger partial charge in [-0.15, -0.1) is 0 Å². The molecule has 1 aliphatic carbocycles. The largest absolute Gasteiger partial charge is 0.469 e. The maximum absolute atomic E-state index is 12.7. The maximum Gasteiger partial charge on any atom is 0.310 e. The average molecular weight is 369 g/mol.